The summed E-state index contributed by atoms with van der Waals surface area (Å²) in [5.41, 5.74) is 1.01. The molecule has 1 aliphatic rings. The van der Waals surface area contributed by atoms with Crippen molar-refractivity contribution in [3.63, 3.8) is 0 Å². The van der Waals surface area contributed by atoms with Crippen LogP contribution in [0.25, 0.3) is 10.9 Å². The largest absolute Gasteiger partial charge is 0.504 e. The number of nitrogens with zero attached hydrogens (tertiary/aromatic N) is 2. The molecular formula is C20H18Cl2N4O2. The van der Waals surface area contributed by atoms with Crippen LogP contribution in [0, 0.1) is 5.92 Å². The summed E-state index contributed by atoms with van der Waals surface area (Å²) in [6, 6.07) is 8.64. The first-order chi connectivity index (χ1) is 13.5. The zero-order chi connectivity index (χ0) is 19.7. The second-order valence-corrected chi connectivity index (χ2v) is 7.71. The van der Waals surface area contributed by atoms with Crippen LogP contribution in [0.15, 0.2) is 36.5 Å². The molecule has 0 spiro atoms. The number of carbonyl (C=O) groups is 1. The number of aromatic nitrogens is 2. The predicted octanol–water partition coefficient (Wildman–Crippen LogP) is 4.39. The van der Waals surface area contributed by atoms with E-state index in [9.17, 15) is 9.90 Å². The maximum atomic E-state index is 12.7. The molecule has 6 nitrogen and oxygen atoms in total. The third kappa shape index (κ3) is 4.13. The lowest BCUT2D eigenvalue weighted by Gasteiger charge is -2.13. The molecule has 0 bridgehead atoms. The number of hydrogen-bond acceptors (Lipinski definition) is 5. The van der Waals surface area contributed by atoms with E-state index in [0.29, 0.717) is 32.7 Å². The molecule has 3 aromatic rings. The average Bonchev–Trinajstić information content (AvgIpc) is 3.49. The highest BCUT2D eigenvalue weighted by Crippen LogP contribution is 2.33. The SMILES string of the molecule is O=C(NCc1cc(Cl)cc(Cl)c1)c1nc(NCC2CC2)c2cccnc2c1O. The zero-order valence-electron chi connectivity index (χ0n) is 14.9. The second kappa shape index (κ2) is 7.81. The standard InChI is InChI=1S/C20H18Cl2N4O2/c21-13-6-12(7-14(22)8-13)10-25-20(28)17-18(27)16-15(2-1-5-23-16)19(26-17)24-9-11-3-4-11/h1-2,5-8,11,27H,3-4,9-10H2,(H,24,26)(H,25,28). The minimum Gasteiger partial charge on any atom is -0.504 e. The maximum absolute atomic E-state index is 12.7. The molecule has 8 heteroatoms. The maximum Gasteiger partial charge on any atom is 0.274 e. The summed E-state index contributed by atoms with van der Waals surface area (Å²) in [5.74, 6) is 0.431. The van der Waals surface area contributed by atoms with Gasteiger partial charge in [0.05, 0.1) is 0 Å². The summed E-state index contributed by atoms with van der Waals surface area (Å²) >= 11 is 12.0. The van der Waals surface area contributed by atoms with E-state index in [1.165, 1.54) is 12.8 Å². The molecular weight excluding hydrogens is 399 g/mol. The number of nitrogens with one attached hydrogen (secondary N) is 2. The summed E-state index contributed by atoms with van der Waals surface area (Å²) in [6.45, 7) is 0.981. The third-order valence-corrected chi connectivity index (χ3v) is 5.02. The highest BCUT2D eigenvalue weighted by molar-refractivity contribution is 6.34. The normalized spacial score (nSPS) is 13.5. The lowest BCUT2D eigenvalue weighted by molar-refractivity contribution is 0.0943. The molecule has 0 atom stereocenters. The molecule has 28 heavy (non-hydrogen) atoms. The third-order valence-electron chi connectivity index (χ3n) is 4.58. The van der Waals surface area contributed by atoms with E-state index in [0.717, 1.165) is 12.1 Å². The van der Waals surface area contributed by atoms with Gasteiger partial charge in [-0.05, 0) is 54.7 Å². The van der Waals surface area contributed by atoms with Gasteiger partial charge in [0.1, 0.15) is 11.3 Å². The summed E-state index contributed by atoms with van der Waals surface area (Å²) in [6.07, 6.45) is 3.95. The smallest absolute Gasteiger partial charge is 0.274 e. The van der Waals surface area contributed by atoms with Gasteiger partial charge in [0.15, 0.2) is 11.4 Å². The number of fused-ring (bicyclic) bond motifs is 1. The molecule has 144 valence electrons. The van der Waals surface area contributed by atoms with Gasteiger partial charge in [-0.2, -0.15) is 0 Å². The van der Waals surface area contributed by atoms with Gasteiger partial charge >= 0.3 is 0 Å². The van der Waals surface area contributed by atoms with Gasteiger partial charge in [-0.1, -0.05) is 23.2 Å². The molecule has 0 aliphatic heterocycles. The Balaban J connectivity index is 1.60. The molecule has 3 N–H and O–H groups in total. The monoisotopic (exact) mass is 416 g/mol. The van der Waals surface area contributed by atoms with Crippen LogP contribution in [0.5, 0.6) is 5.75 Å². The van der Waals surface area contributed by atoms with Crippen molar-refractivity contribution >= 4 is 45.8 Å². The fourth-order valence-electron chi connectivity index (χ4n) is 2.96. The summed E-state index contributed by atoms with van der Waals surface area (Å²) < 4.78 is 0. The Morgan fingerprint density at radius 2 is 1.96 bits per heavy atom. The number of benzene rings is 1. The Bertz CT molecular complexity index is 1030. The van der Waals surface area contributed by atoms with Crippen LogP contribution in [-0.2, 0) is 6.54 Å². The Labute approximate surface area is 171 Å². The summed E-state index contributed by atoms with van der Waals surface area (Å²) in [5, 5.41) is 18.2. The number of pyridine rings is 2. The molecule has 2 aromatic heterocycles. The Hall–Kier alpha value is -2.57. The van der Waals surface area contributed by atoms with E-state index in [4.69, 9.17) is 23.2 Å². The number of rotatable bonds is 6. The van der Waals surface area contributed by atoms with Crippen molar-refractivity contribution in [2.24, 2.45) is 5.92 Å². The number of anilines is 1. The van der Waals surface area contributed by atoms with E-state index in [1.54, 1.807) is 30.5 Å². The van der Waals surface area contributed by atoms with Gasteiger partial charge in [-0.3, -0.25) is 9.78 Å². The van der Waals surface area contributed by atoms with Gasteiger partial charge < -0.3 is 15.7 Å². The number of halogens is 2. The molecule has 0 radical (unpaired) electrons. The van der Waals surface area contributed by atoms with Crippen LogP contribution < -0.4 is 10.6 Å². The molecule has 1 aromatic carbocycles. The van der Waals surface area contributed by atoms with Crippen LogP contribution >= 0.6 is 23.2 Å². The van der Waals surface area contributed by atoms with Crippen molar-refractivity contribution in [3.8, 4) is 5.75 Å². The molecule has 0 saturated heterocycles. The first-order valence-electron chi connectivity index (χ1n) is 8.96. The first kappa shape index (κ1) is 18.8. The fraction of sp³-hybridized carbons (Fsp3) is 0.250. The van der Waals surface area contributed by atoms with Crippen molar-refractivity contribution in [1.29, 1.82) is 0 Å². The van der Waals surface area contributed by atoms with E-state index >= 15 is 0 Å². The van der Waals surface area contributed by atoms with Gasteiger partial charge in [0.2, 0.25) is 0 Å². The van der Waals surface area contributed by atoms with Crippen molar-refractivity contribution in [2.75, 3.05) is 11.9 Å². The molecule has 1 fully saturated rings. The number of hydrogen-bond donors (Lipinski definition) is 3. The van der Waals surface area contributed by atoms with E-state index in [2.05, 4.69) is 20.6 Å². The lowest BCUT2D eigenvalue weighted by atomic mass is 10.1. The van der Waals surface area contributed by atoms with Crippen molar-refractivity contribution in [3.05, 3.63) is 57.8 Å². The Morgan fingerprint density at radius 1 is 1.21 bits per heavy atom. The molecule has 4 rings (SSSR count). The van der Waals surface area contributed by atoms with E-state index < -0.39 is 5.91 Å². The molecule has 0 unspecified atom stereocenters. The number of aromatic hydroxyl groups is 1. The van der Waals surface area contributed by atoms with Crippen molar-refractivity contribution < 1.29 is 9.90 Å². The van der Waals surface area contributed by atoms with E-state index in [-0.39, 0.29) is 18.0 Å². The fourth-order valence-corrected chi connectivity index (χ4v) is 3.53. The van der Waals surface area contributed by atoms with Crippen molar-refractivity contribution in [2.45, 2.75) is 19.4 Å². The number of carbonyl (C=O) groups excluding carboxylic acids is 1. The molecule has 1 aliphatic carbocycles. The van der Waals surface area contributed by atoms with Crippen LogP contribution in [0.3, 0.4) is 0 Å². The number of amides is 1. The Kier molecular flexibility index (Phi) is 5.24. The highest BCUT2D eigenvalue weighted by Gasteiger charge is 2.23. The van der Waals surface area contributed by atoms with Crippen LogP contribution in [0.1, 0.15) is 28.9 Å². The zero-order valence-corrected chi connectivity index (χ0v) is 16.4. The predicted molar refractivity (Wildman–Crippen MR) is 110 cm³/mol. The van der Waals surface area contributed by atoms with Crippen LogP contribution in [-0.4, -0.2) is 27.5 Å². The minimum atomic E-state index is -0.504. The highest BCUT2D eigenvalue weighted by atomic mass is 35.5. The molecule has 1 amide bonds. The van der Waals surface area contributed by atoms with Crippen molar-refractivity contribution in [1.82, 2.24) is 15.3 Å². The van der Waals surface area contributed by atoms with Gasteiger partial charge in [-0.15, -0.1) is 0 Å². The topological polar surface area (TPSA) is 87.1 Å². The molecule has 1 saturated carbocycles. The Morgan fingerprint density at radius 3 is 2.68 bits per heavy atom. The minimum absolute atomic E-state index is 0.0716. The average molecular weight is 417 g/mol. The van der Waals surface area contributed by atoms with Crippen LogP contribution in [0.4, 0.5) is 5.82 Å². The first-order valence-corrected chi connectivity index (χ1v) is 9.71. The van der Waals surface area contributed by atoms with Gasteiger partial charge in [0.25, 0.3) is 5.91 Å². The van der Waals surface area contributed by atoms with Crippen LogP contribution in [0.2, 0.25) is 10.0 Å². The van der Waals surface area contributed by atoms with Gasteiger partial charge in [0, 0.05) is 34.7 Å². The summed E-state index contributed by atoms with van der Waals surface area (Å²) in [7, 11) is 0. The summed E-state index contributed by atoms with van der Waals surface area (Å²) in [4.78, 5) is 21.3. The molecule has 2 heterocycles. The lowest BCUT2D eigenvalue weighted by Crippen LogP contribution is -2.24. The van der Waals surface area contributed by atoms with E-state index in [1.807, 2.05) is 6.07 Å². The second-order valence-electron chi connectivity index (χ2n) is 6.84. The van der Waals surface area contributed by atoms with Gasteiger partial charge in [-0.25, -0.2) is 4.98 Å². The quantitative estimate of drug-likeness (QED) is 0.554.